The molecule has 3 aromatic rings. The third kappa shape index (κ3) is 2.05. The fraction of sp³-hybridized carbons (Fsp3) is 0.214. The van der Waals surface area contributed by atoms with Gasteiger partial charge in [0.15, 0.2) is 0 Å². The maximum atomic E-state index is 13.1. The van der Waals surface area contributed by atoms with E-state index in [2.05, 4.69) is 5.10 Å². The monoisotopic (exact) mass is 294 g/mol. The molecule has 0 aliphatic carbocycles. The summed E-state index contributed by atoms with van der Waals surface area (Å²) in [5.74, 6) is 0.450. The van der Waals surface area contributed by atoms with Gasteiger partial charge in [-0.2, -0.15) is 18.3 Å². The summed E-state index contributed by atoms with van der Waals surface area (Å²) >= 11 is 0. The summed E-state index contributed by atoms with van der Waals surface area (Å²) in [7, 11) is 3.39. The zero-order valence-electron chi connectivity index (χ0n) is 11.4. The number of fused-ring (bicyclic) bond motifs is 1. The summed E-state index contributed by atoms with van der Waals surface area (Å²) in [5, 5.41) is 4.38. The number of nitrogens with two attached hydrogens (primary N) is 1. The number of halogens is 3. The molecule has 7 heteroatoms. The smallest absolute Gasteiger partial charge is 0.384 e. The summed E-state index contributed by atoms with van der Waals surface area (Å²) < 4.78 is 42.4. The Bertz CT molecular complexity index is 807. The topological polar surface area (TPSA) is 48.8 Å². The van der Waals surface area contributed by atoms with Crippen LogP contribution in [0.15, 0.2) is 30.3 Å². The van der Waals surface area contributed by atoms with Crippen molar-refractivity contribution in [3.63, 3.8) is 0 Å². The van der Waals surface area contributed by atoms with Crippen LogP contribution in [0.3, 0.4) is 0 Å². The molecule has 0 unspecified atom stereocenters. The van der Waals surface area contributed by atoms with Crippen LogP contribution >= 0.6 is 0 Å². The van der Waals surface area contributed by atoms with Crippen LogP contribution < -0.4 is 5.73 Å². The molecule has 0 fully saturated rings. The molecule has 0 radical (unpaired) electrons. The largest absolute Gasteiger partial charge is 0.417 e. The predicted octanol–water partition coefficient (Wildman–Crippen LogP) is 3.18. The van der Waals surface area contributed by atoms with Gasteiger partial charge in [0.2, 0.25) is 0 Å². The van der Waals surface area contributed by atoms with E-state index in [9.17, 15) is 13.2 Å². The molecule has 0 saturated carbocycles. The molecular formula is C14H13F3N4. The molecule has 2 aromatic heterocycles. The van der Waals surface area contributed by atoms with E-state index < -0.39 is 11.7 Å². The number of alkyl halides is 3. The van der Waals surface area contributed by atoms with Crippen LogP contribution in [0.25, 0.3) is 22.3 Å². The van der Waals surface area contributed by atoms with Crippen molar-refractivity contribution in [2.45, 2.75) is 6.18 Å². The number of anilines is 1. The van der Waals surface area contributed by atoms with E-state index >= 15 is 0 Å². The van der Waals surface area contributed by atoms with Gasteiger partial charge in [0.1, 0.15) is 11.5 Å². The number of hydrogen-bond acceptors (Lipinski definition) is 2. The number of rotatable bonds is 1. The number of benzene rings is 1. The summed E-state index contributed by atoms with van der Waals surface area (Å²) in [5.41, 5.74) is 6.72. The van der Waals surface area contributed by atoms with E-state index in [0.717, 1.165) is 6.07 Å². The Morgan fingerprint density at radius 2 is 1.86 bits per heavy atom. The minimum absolute atomic E-state index is 0.159. The molecular weight excluding hydrogens is 281 g/mol. The molecule has 0 atom stereocenters. The highest BCUT2D eigenvalue weighted by Crippen LogP contribution is 2.37. The molecule has 0 bridgehead atoms. The standard InChI is InChI=1S/C14H13F3N4/c1-20-11-5-3-4-9(14(15,16)17)8(11)6-12(20)10-7-13(18)21(2)19-10/h3-7H,18H2,1-2H3. The van der Waals surface area contributed by atoms with Gasteiger partial charge in [-0.15, -0.1) is 0 Å². The normalized spacial score (nSPS) is 12.2. The lowest BCUT2D eigenvalue weighted by molar-refractivity contribution is -0.136. The van der Waals surface area contributed by atoms with Gasteiger partial charge in [-0.3, -0.25) is 4.68 Å². The highest BCUT2D eigenvalue weighted by molar-refractivity contribution is 5.89. The molecule has 2 heterocycles. The molecule has 1 aromatic carbocycles. The first kappa shape index (κ1) is 13.5. The zero-order chi connectivity index (χ0) is 15.4. The molecule has 0 aliphatic rings. The summed E-state index contributed by atoms with van der Waals surface area (Å²) in [6.45, 7) is 0. The van der Waals surface area contributed by atoms with E-state index in [0.29, 0.717) is 22.7 Å². The fourth-order valence-electron chi connectivity index (χ4n) is 2.46. The van der Waals surface area contributed by atoms with Crippen LogP contribution in [-0.4, -0.2) is 14.3 Å². The molecule has 0 saturated heterocycles. The Morgan fingerprint density at radius 1 is 1.14 bits per heavy atom. The SMILES string of the molecule is Cn1nc(-c2cc3c(C(F)(F)F)cccc3n2C)cc1N. The lowest BCUT2D eigenvalue weighted by atomic mass is 10.1. The van der Waals surface area contributed by atoms with Gasteiger partial charge >= 0.3 is 6.18 Å². The molecule has 0 spiro atoms. The Morgan fingerprint density at radius 3 is 2.43 bits per heavy atom. The van der Waals surface area contributed by atoms with Crippen molar-refractivity contribution in [1.29, 1.82) is 0 Å². The van der Waals surface area contributed by atoms with Crippen LogP contribution in [-0.2, 0) is 20.3 Å². The maximum absolute atomic E-state index is 13.1. The van der Waals surface area contributed by atoms with Crippen molar-refractivity contribution >= 4 is 16.7 Å². The van der Waals surface area contributed by atoms with Crippen molar-refractivity contribution in [2.75, 3.05) is 5.73 Å². The highest BCUT2D eigenvalue weighted by atomic mass is 19.4. The Hall–Kier alpha value is -2.44. The summed E-state index contributed by atoms with van der Waals surface area (Å²) in [6.07, 6.45) is -4.39. The van der Waals surface area contributed by atoms with Crippen molar-refractivity contribution in [1.82, 2.24) is 14.3 Å². The van der Waals surface area contributed by atoms with Gasteiger partial charge in [-0.25, -0.2) is 0 Å². The van der Waals surface area contributed by atoms with Crippen LogP contribution in [0.1, 0.15) is 5.56 Å². The van der Waals surface area contributed by atoms with Gasteiger partial charge in [0.25, 0.3) is 0 Å². The van der Waals surface area contributed by atoms with Gasteiger partial charge < -0.3 is 10.3 Å². The van der Waals surface area contributed by atoms with E-state index in [1.54, 1.807) is 30.8 Å². The Kier molecular flexibility index (Phi) is 2.76. The average molecular weight is 294 g/mol. The molecule has 2 N–H and O–H groups in total. The second-order valence-electron chi connectivity index (χ2n) is 4.90. The third-order valence-corrected chi connectivity index (χ3v) is 3.57. The van der Waals surface area contributed by atoms with Crippen LogP contribution in [0.5, 0.6) is 0 Å². The lowest BCUT2D eigenvalue weighted by Crippen LogP contribution is -2.05. The third-order valence-electron chi connectivity index (χ3n) is 3.57. The van der Waals surface area contributed by atoms with Crippen LogP contribution in [0.2, 0.25) is 0 Å². The van der Waals surface area contributed by atoms with Crippen molar-refractivity contribution in [3.8, 4) is 11.4 Å². The van der Waals surface area contributed by atoms with E-state index in [1.807, 2.05) is 0 Å². The Balaban J connectivity index is 2.29. The molecule has 3 rings (SSSR count). The van der Waals surface area contributed by atoms with Crippen molar-refractivity contribution in [3.05, 3.63) is 35.9 Å². The average Bonchev–Trinajstić information content (AvgIpc) is 2.90. The first-order valence-corrected chi connectivity index (χ1v) is 6.24. The van der Waals surface area contributed by atoms with E-state index in [4.69, 9.17) is 5.73 Å². The molecule has 21 heavy (non-hydrogen) atoms. The van der Waals surface area contributed by atoms with Crippen LogP contribution in [0, 0.1) is 0 Å². The molecule has 4 nitrogen and oxygen atoms in total. The number of aryl methyl sites for hydroxylation is 2. The molecule has 110 valence electrons. The minimum Gasteiger partial charge on any atom is -0.384 e. The first-order valence-electron chi connectivity index (χ1n) is 6.24. The summed E-state index contributed by atoms with van der Waals surface area (Å²) in [4.78, 5) is 0. The fourth-order valence-corrected chi connectivity index (χ4v) is 2.46. The number of nitrogens with zero attached hydrogens (tertiary/aromatic N) is 3. The Labute approximate surface area is 118 Å². The van der Waals surface area contributed by atoms with Crippen molar-refractivity contribution in [2.24, 2.45) is 14.1 Å². The van der Waals surface area contributed by atoms with Gasteiger partial charge in [0.05, 0.1) is 11.3 Å². The second-order valence-corrected chi connectivity index (χ2v) is 4.90. The lowest BCUT2D eigenvalue weighted by Gasteiger charge is -2.07. The highest BCUT2D eigenvalue weighted by Gasteiger charge is 2.33. The number of nitrogen functional groups attached to an aromatic ring is 1. The molecule has 0 aliphatic heterocycles. The number of aromatic nitrogens is 3. The first-order chi connectivity index (χ1) is 9.79. The van der Waals surface area contributed by atoms with Crippen LogP contribution in [0.4, 0.5) is 19.0 Å². The van der Waals surface area contributed by atoms with E-state index in [-0.39, 0.29) is 5.39 Å². The number of hydrogen-bond donors (Lipinski definition) is 1. The van der Waals surface area contributed by atoms with Gasteiger partial charge in [-0.1, -0.05) is 6.07 Å². The maximum Gasteiger partial charge on any atom is 0.417 e. The quantitative estimate of drug-likeness (QED) is 0.749. The van der Waals surface area contributed by atoms with Crippen molar-refractivity contribution < 1.29 is 13.2 Å². The minimum atomic E-state index is -4.39. The summed E-state index contributed by atoms with van der Waals surface area (Å²) in [6, 6.07) is 7.28. The predicted molar refractivity (Wildman–Crippen MR) is 74.5 cm³/mol. The van der Waals surface area contributed by atoms with E-state index in [1.165, 1.54) is 16.8 Å². The van der Waals surface area contributed by atoms with Gasteiger partial charge in [0, 0.05) is 31.1 Å². The van der Waals surface area contributed by atoms with Gasteiger partial charge in [-0.05, 0) is 18.2 Å². The molecule has 0 amide bonds. The zero-order valence-corrected chi connectivity index (χ0v) is 11.4. The second kappa shape index (κ2) is 4.28.